The Hall–Kier alpha value is 0.0700. The molecule has 0 saturated carbocycles. The normalized spacial score (nSPS) is 33.2. The first kappa shape index (κ1) is 11.1. The molecule has 2 N–H and O–H groups in total. The third-order valence-electron chi connectivity index (χ3n) is 2.14. The van der Waals surface area contributed by atoms with Gasteiger partial charge in [-0.25, -0.2) is 0 Å². The van der Waals surface area contributed by atoms with Crippen LogP contribution in [-0.2, 0) is 15.5 Å². The van der Waals surface area contributed by atoms with Gasteiger partial charge in [0.1, 0.15) is 0 Å². The fraction of sp³-hybridized carbons (Fsp3) is 1.00. The lowest BCUT2D eigenvalue weighted by molar-refractivity contribution is 0.0695. The van der Waals surface area contributed by atoms with Crippen molar-refractivity contribution in [3.8, 4) is 0 Å². The van der Waals surface area contributed by atoms with Crippen LogP contribution in [0.5, 0.6) is 0 Å². The van der Waals surface area contributed by atoms with Gasteiger partial charge in [-0.3, -0.25) is 4.21 Å². The van der Waals surface area contributed by atoms with Gasteiger partial charge in [-0.1, -0.05) is 0 Å². The van der Waals surface area contributed by atoms with Crippen molar-refractivity contribution in [1.29, 1.82) is 0 Å². The Morgan fingerprint density at radius 2 is 2.31 bits per heavy atom. The standard InChI is InChI=1S/C9H19NO2S/c1-7(10)5-13(11)6-9-4-3-8(2)12-9/h7-9H,3-6,10H2,1-2H3. The summed E-state index contributed by atoms with van der Waals surface area (Å²) in [5.74, 6) is 1.25. The van der Waals surface area contributed by atoms with E-state index in [1.165, 1.54) is 0 Å². The van der Waals surface area contributed by atoms with Crippen LogP contribution in [0, 0.1) is 0 Å². The van der Waals surface area contributed by atoms with Crippen molar-refractivity contribution >= 4 is 10.8 Å². The second-order valence-corrected chi connectivity index (χ2v) is 5.44. The molecule has 1 rings (SSSR count). The summed E-state index contributed by atoms with van der Waals surface area (Å²) in [5, 5.41) is 0. The summed E-state index contributed by atoms with van der Waals surface area (Å²) in [5.41, 5.74) is 5.56. The summed E-state index contributed by atoms with van der Waals surface area (Å²) >= 11 is 0. The Morgan fingerprint density at radius 3 is 2.77 bits per heavy atom. The van der Waals surface area contributed by atoms with E-state index in [4.69, 9.17) is 10.5 Å². The molecule has 1 aliphatic rings. The number of rotatable bonds is 4. The minimum absolute atomic E-state index is 0.0275. The third-order valence-corrected chi connectivity index (χ3v) is 3.78. The summed E-state index contributed by atoms with van der Waals surface area (Å²) in [4.78, 5) is 0. The number of nitrogens with two attached hydrogens (primary N) is 1. The SMILES string of the molecule is CC(N)CS(=O)CC1CCC(C)O1. The number of ether oxygens (including phenoxy) is 1. The molecule has 0 spiro atoms. The highest BCUT2D eigenvalue weighted by Gasteiger charge is 2.23. The molecule has 0 aromatic rings. The minimum atomic E-state index is -0.805. The Morgan fingerprint density at radius 1 is 1.62 bits per heavy atom. The molecule has 4 atom stereocenters. The highest BCUT2D eigenvalue weighted by Crippen LogP contribution is 2.19. The number of hydrogen-bond acceptors (Lipinski definition) is 3. The van der Waals surface area contributed by atoms with E-state index < -0.39 is 10.8 Å². The van der Waals surface area contributed by atoms with Crippen molar-refractivity contribution in [3.63, 3.8) is 0 Å². The second kappa shape index (κ2) is 5.08. The van der Waals surface area contributed by atoms with Crippen LogP contribution < -0.4 is 5.73 Å². The van der Waals surface area contributed by atoms with Gasteiger partial charge in [0.25, 0.3) is 0 Å². The summed E-state index contributed by atoms with van der Waals surface area (Å²) in [6.45, 7) is 3.95. The van der Waals surface area contributed by atoms with Gasteiger partial charge in [-0.2, -0.15) is 0 Å². The van der Waals surface area contributed by atoms with E-state index in [0.717, 1.165) is 12.8 Å². The van der Waals surface area contributed by atoms with Crippen molar-refractivity contribution < 1.29 is 8.95 Å². The van der Waals surface area contributed by atoms with E-state index in [1.807, 2.05) is 6.92 Å². The molecule has 3 nitrogen and oxygen atoms in total. The van der Waals surface area contributed by atoms with Gasteiger partial charge in [0.2, 0.25) is 0 Å². The first-order valence-electron chi connectivity index (χ1n) is 4.84. The molecule has 0 aromatic heterocycles. The first-order chi connectivity index (χ1) is 6.08. The highest BCUT2D eigenvalue weighted by molar-refractivity contribution is 7.85. The smallest absolute Gasteiger partial charge is 0.0694 e. The van der Waals surface area contributed by atoms with Gasteiger partial charge in [0, 0.05) is 28.3 Å². The monoisotopic (exact) mass is 205 g/mol. The first-order valence-corrected chi connectivity index (χ1v) is 6.32. The van der Waals surface area contributed by atoms with Gasteiger partial charge in [0.05, 0.1) is 12.2 Å². The van der Waals surface area contributed by atoms with Crippen LogP contribution in [0.4, 0.5) is 0 Å². The fourth-order valence-electron chi connectivity index (χ4n) is 1.58. The van der Waals surface area contributed by atoms with Crippen LogP contribution in [-0.4, -0.2) is 34.0 Å². The fourth-order valence-corrected chi connectivity index (χ4v) is 2.96. The quantitative estimate of drug-likeness (QED) is 0.733. The second-order valence-electron chi connectivity index (χ2n) is 3.90. The predicted octanol–water partition coefficient (Wildman–Crippen LogP) is 0.650. The molecule has 0 aliphatic carbocycles. The number of hydrogen-bond donors (Lipinski definition) is 1. The molecular weight excluding hydrogens is 186 g/mol. The lowest BCUT2D eigenvalue weighted by Gasteiger charge is -2.11. The molecule has 1 heterocycles. The van der Waals surface area contributed by atoms with E-state index in [1.54, 1.807) is 0 Å². The van der Waals surface area contributed by atoms with Gasteiger partial charge >= 0.3 is 0 Å². The van der Waals surface area contributed by atoms with Crippen LogP contribution in [0.15, 0.2) is 0 Å². The van der Waals surface area contributed by atoms with Gasteiger partial charge in [-0.05, 0) is 26.7 Å². The topological polar surface area (TPSA) is 52.3 Å². The molecule has 78 valence electrons. The molecule has 0 radical (unpaired) electrons. The Balaban J connectivity index is 2.21. The molecule has 0 aromatic carbocycles. The molecule has 0 amide bonds. The van der Waals surface area contributed by atoms with Crippen molar-refractivity contribution in [2.75, 3.05) is 11.5 Å². The van der Waals surface area contributed by atoms with Crippen LogP contribution in [0.2, 0.25) is 0 Å². The van der Waals surface area contributed by atoms with Crippen molar-refractivity contribution in [2.45, 2.75) is 44.9 Å². The Labute approximate surface area is 82.5 Å². The predicted molar refractivity (Wildman–Crippen MR) is 55.1 cm³/mol. The maximum atomic E-state index is 11.5. The molecule has 13 heavy (non-hydrogen) atoms. The molecule has 1 aliphatic heterocycles. The Kier molecular flexibility index (Phi) is 4.35. The molecule has 4 unspecified atom stereocenters. The lowest BCUT2D eigenvalue weighted by atomic mass is 10.2. The lowest BCUT2D eigenvalue weighted by Crippen LogP contribution is -2.27. The minimum Gasteiger partial charge on any atom is -0.374 e. The zero-order valence-electron chi connectivity index (χ0n) is 8.36. The van der Waals surface area contributed by atoms with E-state index in [9.17, 15) is 4.21 Å². The molecule has 4 heteroatoms. The van der Waals surface area contributed by atoms with Crippen LogP contribution >= 0.6 is 0 Å². The van der Waals surface area contributed by atoms with Gasteiger partial charge < -0.3 is 10.5 Å². The van der Waals surface area contributed by atoms with Gasteiger partial charge in [0.15, 0.2) is 0 Å². The van der Waals surface area contributed by atoms with Crippen LogP contribution in [0.3, 0.4) is 0 Å². The summed E-state index contributed by atoms with van der Waals surface area (Å²) in [7, 11) is -0.805. The molecule has 0 bridgehead atoms. The molecule has 1 saturated heterocycles. The summed E-state index contributed by atoms with van der Waals surface area (Å²) in [6.07, 6.45) is 2.69. The van der Waals surface area contributed by atoms with E-state index in [2.05, 4.69) is 6.92 Å². The molecule has 1 fully saturated rings. The Bertz CT molecular complexity index is 184. The van der Waals surface area contributed by atoms with E-state index in [-0.39, 0.29) is 12.1 Å². The highest BCUT2D eigenvalue weighted by atomic mass is 32.2. The van der Waals surface area contributed by atoms with E-state index >= 15 is 0 Å². The maximum absolute atomic E-state index is 11.5. The zero-order chi connectivity index (χ0) is 9.84. The zero-order valence-corrected chi connectivity index (χ0v) is 9.18. The third kappa shape index (κ3) is 4.20. The molecular formula is C9H19NO2S. The summed E-state index contributed by atoms with van der Waals surface area (Å²) < 4.78 is 17.0. The van der Waals surface area contributed by atoms with Crippen LogP contribution in [0.25, 0.3) is 0 Å². The maximum Gasteiger partial charge on any atom is 0.0694 e. The van der Waals surface area contributed by atoms with Crippen molar-refractivity contribution in [2.24, 2.45) is 5.73 Å². The average Bonchev–Trinajstić information content (AvgIpc) is 2.33. The van der Waals surface area contributed by atoms with Crippen LogP contribution in [0.1, 0.15) is 26.7 Å². The van der Waals surface area contributed by atoms with Gasteiger partial charge in [-0.15, -0.1) is 0 Å². The average molecular weight is 205 g/mol. The van der Waals surface area contributed by atoms with Crippen molar-refractivity contribution in [3.05, 3.63) is 0 Å². The largest absolute Gasteiger partial charge is 0.374 e. The van der Waals surface area contributed by atoms with Crippen molar-refractivity contribution in [1.82, 2.24) is 0 Å². The summed E-state index contributed by atoms with van der Waals surface area (Å²) in [6, 6.07) is 0.0275. The van der Waals surface area contributed by atoms with E-state index in [0.29, 0.717) is 17.6 Å².